The summed E-state index contributed by atoms with van der Waals surface area (Å²) in [6.45, 7) is 6.98. The first-order valence-electron chi connectivity index (χ1n) is 8.60. The molecule has 156 valence electrons. The lowest BCUT2D eigenvalue weighted by Gasteiger charge is -2.18. The van der Waals surface area contributed by atoms with Crippen LogP contribution in [0, 0.1) is 11.3 Å². The van der Waals surface area contributed by atoms with Crippen molar-refractivity contribution in [2.45, 2.75) is 26.2 Å². The molecule has 30 heavy (non-hydrogen) atoms. The Balaban J connectivity index is 2.27. The van der Waals surface area contributed by atoms with Gasteiger partial charge in [-0.25, -0.2) is 20.7 Å². The van der Waals surface area contributed by atoms with E-state index in [2.05, 4.69) is 16.8 Å². The van der Waals surface area contributed by atoms with E-state index in [0.717, 1.165) is 0 Å². The average molecular weight is 449 g/mol. The van der Waals surface area contributed by atoms with E-state index in [1.54, 1.807) is 6.07 Å². The van der Waals surface area contributed by atoms with Crippen molar-refractivity contribution < 1.29 is 9.59 Å². The van der Waals surface area contributed by atoms with Crippen LogP contribution in [0.1, 0.15) is 36.6 Å². The molecule has 2 aromatic rings. The van der Waals surface area contributed by atoms with Gasteiger partial charge < -0.3 is 0 Å². The lowest BCUT2D eigenvalue weighted by Crippen LogP contribution is -2.47. The molecular weight excluding hydrogens is 431 g/mol. The number of amides is 3. The Morgan fingerprint density at radius 3 is 2.47 bits per heavy atom. The zero-order valence-corrected chi connectivity index (χ0v) is 17.6. The van der Waals surface area contributed by atoms with Crippen LogP contribution in [-0.4, -0.2) is 22.1 Å². The normalized spacial score (nSPS) is 10.4. The van der Waals surface area contributed by atoms with Crippen LogP contribution in [0.2, 0.25) is 10.0 Å². The summed E-state index contributed by atoms with van der Waals surface area (Å²) < 4.78 is 0. The molecule has 3 amide bonds. The molecule has 0 radical (unpaired) electrons. The number of benzene rings is 1. The minimum Gasteiger partial charge on any atom is -0.272 e. The number of nitrogens with two attached hydrogens (primary N) is 1. The molecule has 0 spiro atoms. The van der Waals surface area contributed by atoms with Gasteiger partial charge in [0.25, 0.3) is 11.5 Å². The van der Waals surface area contributed by atoms with Crippen LogP contribution in [0.15, 0.2) is 35.1 Å². The zero-order valence-electron chi connectivity index (χ0n) is 16.1. The van der Waals surface area contributed by atoms with Gasteiger partial charge in [-0.05, 0) is 29.7 Å². The van der Waals surface area contributed by atoms with Crippen LogP contribution in [-0.2, 0) is 11.2 Å². The van der Waals surface area contributed by atoms with E-state index in [0.29, 0.717) is 21.8 Å². The quantitative estimate of drug-likeness (QED) is 0.210. The van der Waals surface area contributed by atoms with Gasteiger partial charge in [-0.1, -0.05) is 43.6 Å². The van der Waals surface area contributed by atoms with Gasteiger partial charge in [0, 0.05) is 22.0 Å². The van der Waals surface area contributed by atoms with Gasteiger partial charge >= 0.3 is 6.03 Å². The Morgan fingerprint density at radius 2 is 1.93 bits per heavy atom. The van der Waals surface area contributed by atoms with Crippen LogP contribution in [0.3, 0.4) is 0 Å². The number of anilines is 1. The first-order chi connectivity index (χ1) is 14.0. The van der Waals surface area contributed by atoms with E-state index in [1.165, 1.54) is 18.2 Å². The molecule has 1 aromatic heterocycles. The average Bonchev–Trinajstić information content (AvgIpc) is 2.69. The number of nitrogens with zero attached hydrogens (tertiary/aromatic N) is 3. The van der Waals surface area contributed by atoms with Crippen LogP contribution < -0.4 is 21.7 Å². The van der Waals surface area contributed by atoms with Crippen molar-refractivity contribution in [3.8, 4) is 6.07 Å². The number of aromatic amines is 1. The van der Waals surface area contributed by atoms with E-state index in [4.69, 9.17) is 34.3 Å². The van der Waals surface area contributed by atoms with E-state index in [9.17, 15) is 14.4 Å². The molecule has 1 heterocycles. The number of urea groups is 1. The smallest absolute Gasteiger partial charge is 0.272 e. The number of hydrazine groups is 1. The molecule has 4 N–H and O–H groups in total. The summed E-state index contributed by atoms with van der Waals surface area (Å²) in [6, 6.07) is 4.98. The van der Waals surface area contributed by atoms with Crippen molar-refractivity contribution in [2.75, 3.05) is 5.01 Å². The second-order valence-corrected chi connectivity index (χ2v) is 7.40. The third-order valence-corrected chi connectivity index (χ3v) is 4.79. The van der Waals surface area contributed by atoms with Gasteiger partial charge in [0.2, 0.25) is 0 Å². The predicted molar refractivity (Wildman–Crippen MR) is 113 cm³/mol. The number of nitrogens with one attached hydrogen (secondary N) is 2. The highest BCUT2D eigenvalue weighted by Gasteiger charge is 2.20. The first kappa shape index (κ1) is 23.1. The molecule has 0 aliphatic carbocycles. The molecule has 0 aliphatic heterocycles. The fourth-order valence-corrected chi connectivity index (χ4v) is 3.07. The molecule has 0 saturated heterocycles. The fraction of sp³-hybridized carbons (Fsp3) is 0.211. The van der Waals surface area contributed by atoms with Gasteiger partial charge in [0.15, 0.2) is 0 Å². The predicted octanol–water partition coefficient (Wildman–Crippen LogP) is 2.79. The number of carbonyl (C=O) groups excluding carboxylic acids is 2. The van der Waals surface area contributed by atoms with Crippen LogP contribution in [0.25, 0.3) is 0 Å². The van der Waals surface area contributed by atoms with Gasteiger partial charge in [-0.3, -0.25) is 14.9 Å². The second kappa shape index (κ2) is 9.54. The maximum absolute atomic E-state index is 12.1. The minimum absolute atomic E-state index is 0.00737. The highest BCUT2D eigenvalue weighted by molar-refractivity contribution is 6.36. The number of aromatic nitrogens is 2. The Labute approximate surface area is 182 Å². The van der Waals surface area contributed by atoms with Crippen molar-refractivity contribution >= 4 is 40.8 Å². The number of carbonyl (C=O) groups is 2. The van der Waals surface area contributed by atoms with Crippen molar-refractivity contribution in [3.63, 3.8) is 0 Å². The molecule has 0 bridgehead atoms. The third kappa shape index (κ3) is 5.24. The van der Waals surface area contributed by atoms with E-state index in [1.807, 2.05) is 19.2 Å². The van der Waals surface area contributed by atoms with E-state index >= 15 is 0 Å². The number of hydrogen-bond acceptors (Lipinski definition) is 6. The summed E-state index contributed by atoms with van der Waals surface area (Å²) in [7, 11) is 0. The van der Waals surface area contributed by atoms with Crippen molar-refractivity contribution in [2.24, 2.45) is 5.84 Å². The summed E-state index contributed by atoms with van der Waals surface area (Å²) in [5.74, 6) is 4.76. The third-order valence-electron chi connectivity index (χ3n) is 4.12. The van der Waals surface area contributed by atoms with Crippen molar-refractivity contribution in [3.05, 3.63) is 67.6 Å². The SMILES string of the molecule is C=C(C#N)C(=O)NC(=O)N(N)c1cc(Cl)c(Cc2cc(C(C)C)c(=O)[nH]n2)c(Cl)c1. The highest BCUT2D eigenvalue weighted by Crippen LogP contribution is 2.32. The summed E-state index contributed by atoms with van der Waals surface area (Å²) in [5, 5.41) is 18.0. The number of H-pyrrole nitrogens is 1. The molecule has 0 saturated carbocycles. The molecule has 0 unspecified atom stereocenters. The molecule has 1 aromatic carbocycles. The molecule has 9 nitrogen and oxygen atoms in total. The Bertz CT molecular complexity index is 1100. The number of nitriles is 1. The number of hydrogen-bond donors (Lipinski definition) is 3. The maximum atomic E-state index is 12.1. The molecular formula is C19H18Cl2N6O3. The maximum Gasteiger partial charge on any atom is 0.343 e. The summed E-state index contributed by atoms with van der Waals surface area (Å²) in [4.78, 5) is 35.5. The summed E-state index contributed by atoms with van der Waals surface area (Å²) in [5.41, 5.74) is 1.05. The molecule has 0 atom stereocenters. The topological polar surface area (TPSA) is 145 Å². The molecule has 2 rings (SSSR count). The first-order valence-corrected chi connectivity index (χ1v) is 9.36. The summed E-state index contributed by atoms with van der Waals surface area (Å²) >= 11 is 12.6. The standard InChI is InChI=1S/C19H18Cl2N6O3/c1-9(2)13-4-11(25-26-18(13)29)5-14-15(20)6-12(7-16(14)21)27(23)19(30)24-17(28)10(3)8-22/h4,6-7,9H,3,5,23H2,1-2H3,(H,26,29)(H,24,28,30). The fourth-order valence-electron chi connectivity index (χ4n) is 2.46. The van der Waals surface area contributed by atoms with Crippen molar-refractivity contribution in [1.29, 1.82) is 5.26 Å². The highest BCUT2D eigenvalue weighted by atomic mass is 35.5. The van der Waals surface area contributed by atoms with Gasteiger partial charge in [0.05, 0.1) is 11.4 Å². The zero-order chi connectivity index (χ0) is 22.6. The minimum atomic E-state index is -1.000. The monoisotopic (exact) mass is 448 g/mol. The lowest BCUT2D eigenvalue weighted by molar-refractivity contribution is -0.116. The van der Waals surface area contributed by atoms with Crippen LogP contribution in [0.5, 0.6) is 0 Å². The van der Waals surface area contributed by atoms with Gasteiger partial charge in [-0.2, -0.15) is 10.4 Å². The molecule has 0 aliphatic rings. The second-order valence-electron chi connectivity index (χ2n) is 6.58. The number of imide groups is 1. The number of halogens is 2. The number of rotatable bonds is 5. The van der Waals surface area contributed by atoms with E-state index in [-0.39, 0.29) is 33.6 Å². The molecule has 0 fully saturated rings. The Hall–Kier alpha value is -3.19. The molecule has 11 heteroatoms. The van der Waals surface area contributed by atoms with Gasteiger partial charge in [-0.15, -0.1) is 0 Å². The van der Waals surface area contributed by atoms with Crippen LogP contribution in [0.4, 0.5) is 10.5 Å². The van der Waals surface area contributed by atoms with Crippen molar-refractivity contribution in [1.82, 2.24) is 15.5 Å². The Kier molecular flexibility index (Phi) is 7.34. The Morgan fingerprint density at radius 1 is 1.33 bits per heavy atom. The van der Waals surface area contributed by atoms with E-state index < -0.39 is 17.5 Å². The largest absolute Gasteiger partial charge is 0.343 e. The van der Waals surface area contributed by atoms with Crippen LogP contribution >= 0.6 is 23.2 Å². The van der Waals surface area contributed by atoms with Gasteiger partial charge in [0.1, 0.15) is 11.6 Å². The summed E-state index contributed by atoms with van der Waals surface area (Å²) in [6.07, 6.45) is 0.228. The lowest BCUT2D eigenvalue weighted by atomic mass is 10.0.